The molecule has 136 valence electrons. The van der Waals surface area contributed by atoms with E-state index in [1.807, 2.05) is 49.5 Å². The number of aryl methyl sites for hydroxylation is 1. The van der Waals surface area contributed by atoms with E-state index >= 15 is 0 Å². The number of anilines is 1. The number of carbonyl (C=O) groups excluding carboxylic acids is 1. The van der Waals surface area contributed by atoms with Gasteiger partial charge in [0.1, 0.15) is 5.82 Å². The number of piperidine rings is 1. The molecule has 2 N–H and O–H groups in total. The number of aromatic nitrogens is 2. The zero-order valence-corrected chi connectivity index (χ0v) is 15.6. The maximum absolute atomic E-state index is 12.3. The van der Waals surface area contributed by atoms with Gasteiger partial charge in [-0.1, -0.05) is 12.1 Å². The van der Waals surface area contributed by atoms with Crippen LogP contribution < -0.4 is 10.6 Å². The first kappa shape index (κ1) is 18.4. The molecule has 6 heteroatoms. The highest BCUT2D eigenvalue weighted by atomic mass is 35.5. The Hall–Kier alpha value is -2.37. The van der Waals surface area contributed by atoms with Crippen molar-refractivity contribution in [3.05, 3.63) is 48.5 Å². The van der Waals surface area contributed by atoms with Gasteiger partial charge < -0.3 is 15.2 Å². The average molecular weight is 371 g/mol. The van der Waals surface area contributed by atoms with E-state index in [0.717, 1.165) is 54.0 Å². The Labute approximate surface area is 159 Å². The van der Waals surface area contributed by atoms with Crippen molar-refractivity contribution in [3.63, 3.8) is 0 Å². The van der Waals surface area contributed by atoms with Gasteiger partial charge in [0, 0.05) is 24.2 Å². The smallest absolute Gasteiger partial charge is 0.227 e. The Morgan fingerprint density at radius 2 is 1.81 bits per heavy atom. The van der Waals surface area contributed by atoms with E-state index in [0.29, 0.717) is 0 Å². The molecular weight excluding hydrogens is 348 g/mol. The van der Waals surface area contributed by atoms with Gasteiger partial charge in [0.2, 0.25) is 5.91 Å². The minimum Gasteiger partial charge on any atom is -0.327 e. The molecule has 1 saturated heterocycles. The quantitative estimate of drug-likeness (QED) is 0.740. The minimum atomic E-state index is 0. The highest BCUT2D eigenvalue weighted by Gasteiger charge is 2.20. The maximum atomic E-state index is 12.3. The first-order chi connectivity index (χ1) is 12.2. The number of rotatable bonds is 3. The molecular formula is C20H23ClN4O. The van der Waals surface area contributed by atoms with Gasteiger partial charge in [0.05, 0.1) is 11.0 Å². The summed E-state index contributed by atoms with van der Waals surface area (Å²) in [7, 11) is 2.03. The van der Waals surface area contributed by atoms with Crippen LogP contribution in [-0.4, -0.2) is 28.5 Å². The fourth-order valence-corrected chi connectivity index (χ4v) is 3.43. The van der Waals surface area contributed by atoms with Crippen LogP contribution in [0.5, 0.6) is 0 Å². The monoisotopic (exact) mass is 370 g/mol. The van der Waals surface area contributed by atoms with E-state index in [2.05, 4.69) is 21.3 Å². The van der Waals surface area contributed by atoms with Crippen molar-refractivity contribution in [1.82, 2.24) is 14.9 Å². The third-order valence-corrected chi connectivity index (χ3v) is 4.91. The Morgan fingerprint density at radius 3 is 2.50 bits per heavy atom. The number of fused-ring (bicyclic) bond motifs is 1. The number of nitrogens with zero attached hydrogens (tertiary/aromatic N) is 2. The molecule has 3 aromatic rings. The number of carbonyl (C=O) groups is 1. The van der Waals surface area contributed by atoms with Crippen molar-refractivity contribution < 1.29 is 4.79 Å². The Kier molecular flexibility index (Phi) is 5.59. The molecule has 0 bridgehead atoms. The molecule has 0 aliphatic carbocycles. The lowest BCUT2D eigenvalue weighted by atomic mass is 9.97. The van der Waals surface area contributed by atoms with E-state index in [9.17, 15) is 4.79 Å². The number of para-hydroxylation sites is 2. The van der Waals surface area contributed by atoms with Crippen LogP contribution in [0.1, 0.15) is 12.8 Å². The maximum Gasteiger partial charge on any atom is 0.227 e. The number of imidazole rings is 1. The summed E-state index contributed by atoms with van der Waals surface area (Å²) < 4.78 is 2.10. The summed E-state index contributed by atoms with van der Waals surface area (Å²) in [5, 5.41) is 6.32. The summed E-state index contributed by atoms with van der Waals surface area (Å²) in [5.41, 5.74) is 3.98. The highest BCUT2D eigenvalue weighted by molar-refractivity contribution is 5.93. The number of halogens is 1. The van der Waals surface area contributed by atoms with E-state index in [1.54, 1.807) is 0 Å². The predicted octanol–water partition coefficient (Wildman–Crippen LogP) is 3.60. The van der Waals surface area contributed by atoms with Crippen molar-refractivity contribution >= 4 is 35.0 Å². The molecule has 4 rings (SSSR count). The molecule has 2 heterocycles. The van der Waals surface area contributed by atoms with Crippen molar-refractivity contribution in [3.8, 4) is 11.4 Å². The van der Waals surface area contributed by atoms with Crippen LogP contribution in [-0.2, 0) is 11.8 Å². The van der Waals surface area contributed by atoms with Gasteiger partial charge >= 0.3 is 0 Å². The molecule has 0 spiro atoms. The average Bonchev–Trinajstić information content (AvgIpc) is 3.00. The van der Waals surface area contributed by atoms with Gasteiger partial charge in [-0.2, -0.15) is 0 Å². The number of amides is 1. The van der Waals surface area contributed by atoms with Crippen molar-refractivity contribution in [2.24, 2.45) is 13.0 Å². The standard InChI is InChI=1S/C20H22N4O.ClH/c1-24-18-5-3-2-4-17(18)23-19(24)14-6-8-16(9-7-14)22-20(25)15-10-12-21-13-11-15;/h2-9,15,21H,10-13H2,1H3,(H,22,25);1H. The van der Waals surface area contributed by atoms with Crippen LogP contribution in [0.4, 0.5) is 5.69 Å². The summed E-state index contributed by atoms with van der Waals surface area (Å²) in [5.74, 6) is 1.16. The van der Waals surface area contributed by atoms with Crippen LogP contribution in [0, 0.1) is 5.92 Å². The number of hydrogen-bond donors (Lipinski definition) is 2. The van der Waals surface area contributed by atoms with Crippen LogP contribution in [0.25, 0.3) is 22.4 Å². The second-order valence-electron chi connectivity index (χ2n) is 6.57. The lowest BCUT2D eigenvalue weighted by molar-refractivity contribution is -0.120. The highest BCUT2D eigenvalue weighted by Crippen LogP contribution is 2.25. The van der Waals surface area contributed by atoms with E-state index < -0.39 is 0 Å². The molecule has 5 nitrogen and oxygen atoms in total. The zero-order valence-electron chi connectivity index (χ0n) is 14.7. The van der Waals surface area contributed by atoms with E-state index in [4.69, 9.17) is 4.98 Å². The fourth-order valence-electron chi connectivity index (χ4n) is 3.43. The Bertz CT molecular complexity index is 898. The molecule has 26 heavy (non-hydrogen) atoms. The van der Waals surface area contributed by atoms with Crippen molar-refractivity contribution in [2.45, 2.75) is 12.8 Å². The molecule has 0 atom stereocenters. The number of benzene rings is 2. The van der Waals surface area contributed by atoms with Gasteiger partial charge in [0.25, 0.3) is 0 Å². The van der Waals surface area contributed by atoms with Gasteiger partial charge in [-0.25, -0.2) is 4.98 Å². The minimum absolute atomic E-state index is 0. The van der Waals surface area contributed by atoms with Crippen LogP contribution in [0.15, 0.2) is 48.5 Å². The second-order valence-corrected chi connectivity index (χ2v) is 6.57. The Balaban J connectivity index is 0.00000196. The third kappa shape index (κ3) is 3.59. The lowest BCUT2D eigenvalue weighted by Crippen LogP contribution is -2.34. The molecule has 0 saturated carbocycles. The molecule has 1 aromatic heterocycles. The number of nitrogens with one attached hydrogen (secondary N) is 2. The molecule has 0 unspecified atom stereocenters. The summed E-state index contributed by atoms with van der Waals surface area (Å²) in [6.07, 6.45) is 1.81. The predicted molar refractivity (Wildman–Crippen MR) is 108 cm³/mol. The zero-order chi connectivity index (χ0) is 17.2. The summed E-state index contributed by atoms with van der Waals surface area (Å²) in [6.45, 7) is 1.84. The van der Waals surface area contributed by atoms with Gasteiger partial charge in [-0.3, -0.25) is 4.79 Å². The van der Waals surface area contributed by atoms with Crippen molar-refractivity contribution in [1.29, 1.82) is 0 Å². The molecule has 1 aliphatic heterocycles. The normalized spacial score (nSPS) is 14.8. The molecule has 2 aromatic carbocycles. The van der Waals surface area contributed by atoms with E-state index in [1.165, 1.54) is 0 Å². The summed E-state index contributed by atoms with van der Waals surface area (Å²) in [4.78, 5) is 17.1. The molecule has 1 aliphatic rings. The Morgan fingerprint density at radius 1 is 1.12 bits per heavy atom. The van der Waals surface area contributed by atoms with Gasteiger partial charge in [0.15, 0.2) is 0 Å². The first-order valence-electron chi connectivity index (χ1n) is 8.76. The second kappa shape index (κ2) is 7.89. The van der Waals surface area contributed by atoms with Gasteiger partial charge in [-0.15, -0.1) is 12.4 Å². The first-order valence-corrected chi connectivity index (χ1v) is 8.76. The fraction of sp³-hybridized carbons (Fsp3) is 0.300. The number of hydrogen-bond acceptors (Lipinski definition) is 3. The third-order valence-electron chi connectivity index (χ3n) is 4.91. The molecule has 0 radical (unpaired) electrons. The van der Waals surface area contributed by atoms with Crippen LogP contribution in [0.2, 0.25) is 0 Å². The summed E-state index contributed by atoms with van der Waals surface area (Å²) in [6, 6.07) is 16.0. The molecule has 1 amide bonds. The molecule has 1 fully saturated rings. The SMILES string of the molecule is Cl.Cn1c(-c2ccc(NC(=O)C3CCNCC3)cc2)nc2ccccc21. The van der Waals surface area contributed by atoms with Crippen LogP contribution in [0.3, 0.4) is 0 Å². The van der Waals surface area contributed by atoms with E-state index in [-0.39, 0.29) is 24.2 Å². The summed E-state index contributed by atoms with van der Waals surface area (Å²) >= 11 is 0. The van der Waals surface area contributed by atoms with Crippen LogP contribution >= 0.6 is 12.4 Å². The van der Waals surface area contributed by atoms with Crippen molar-refractivity contribution in [2.75, 3.05) is 18.4 Å². The largest absolute Gasteiger partial charge is 0.327 e. The lowest BCUT2D eigenvalue weighted by Gasteiger charge is -2.21. The topological polar surface area (TPSA) is 59.0 Å². The van der Waals surface area contributed by atoms with Gasteiger partial charge in [-0.05, 0) is 62.3 Å².